The van der Waals surface area contributed by atoms with E-state index in [4.69, 9.17) is 21.9 Å². The van der Waals surface area contributed by atoms with Gasteiger partial charge in [-0.25, -0.2) is 0 Å². The Balaban J connectivity index is 1.74. The van der Waals surface area contributed by atoms with Crippen molar-refractivity contribution in [1.82, 2.24) is 10.1 Å². The Hall–Kier alpha value is -2.86. The van der Waals surface area contributed by atoms with Crippen molar-refractivity contribution in [2.45, 2.75) is 13.5 Å². The second-order valence-electron chi connectivity index (χ2n) is 5.29. The normalized spacial score (nSPS) is 10.6. The van der Waals surface area contributed by atoms with Crippen LogP contribution in [0, 0.1) is 6.92 Å². The fraction of sp³-hybridized carbons (Fsp3) is 0.118. The van der Waals surface area contributed by atoms with Gasteiger partial charge in [-0.15, -0.1) is 0 Å². The number of halogens is 1. The molecule has 3 rings (SSSR count). The number of nitrogens with one attached hydrogen (secondary N) is 1. The number of hydrogen-bond donors (Lipinski definition) is 2. The second-order valence-corrected chi connectivity index (χ2v) is 5.70. The van der Waals surface area contributed by atoms with E-state index in [1.807, 2.05) is 31.2 Å². The summed E-state index contributed by atoms with van der Waals surface area (Å²) < 4.78 is 5.24. The van der Waals surface area contributed by atoms with Gasteiger partial charge in [-0.3, -0.25) is 4.79 Å². The van der Waals surface area contributed by atoms with Gasteiger partial charge in [0, 0.05) is 11.1 Å². The molecule has 0 bridgehead atoms. The van der Waals surface area contributed by atoms with E-state index in [9.17, 15) is 4.79 Å². The highest BCUT2D eigenvalue weighted by Gasteiger charge is 2.10. The highest BCUT2D eigenvalue weighted by atomic mass is 35.5. The number of carbonyl (C=O) groups excluding carboxylic acids is 1. The number of nitrogens with zero attached hydrogens (tertiary/aromatic N) is 2. The maximum absolute atomic E-state index is 11.2. The Labute approximate surface area is 143 Å². The molecule has 0 spiro atoms. The fourth-order valence-corrected chi connectivity index (χ4v) is 2.40. The number of aromatic nitrogens is 2. The number of anilines is 1. The van der Waals surface area contributed by atoms with Crippen LogP contribution in [0.15, 0.2) is 47.0 Å². The number of rotatable bonds is 5. The topological polar surface area (TPSA) is 94.0 Å². The number of amides is 1. The average Bonchev–Trinajstić information content (AvgIpc) is 3.03. The molecule has 6 nitrogen and oxygen atoms in total. The molecule has 0 aliphatic rings. The lowest BCUT2D eigenvalue weighted by atomic mass is 10.1. The molecule has 3 N–H and O–H groups in total. The van der Waals surface area contributed by atoms with Gasteiger partial charge < -0.3 is 15.6 Å². The van der Waals surface area contributed by atoms with E-state index in [0.29, 0.717) is 28.0 Å². The second kappa shape index (κ2) is 6.72. The Morgan fingerprint density at radius 2 is 2.12 bits per heavy atom. The van der Waals surface area contributed by atoms with Gasteiger partial charge in [0.05, 0.1) is 17.3 Å². The highest BCUT2D eigenvalue weighted by molar-refractivity contribution is 6.33. The largest absolute Gasteiger partial charge is 0.375 e. The van der Waals surface area contributed by atoms with Crippen LogP contribution >= 0.6 is 11.6 Å². The van der Waals surface area contributed by atoms with Crippen molar-refractivity contribution in [3.63, 3.8) is 0 Å². The summed E-state index contributed by atoms with van der Waals surface area (Å²) >= 11 is 6.10. The van der Waals surface area contributed by atoms with Gasteiger partial charge in [0.15, 0.2) is 0 Å². The number of aryl methyl sites for hydroxylation is 1. The van der Waals surface area contributed by atoms with Crippen LogP contribution in [-0.4, -0.2) is 16.0 Å². The molecule has 0 saturated carbocycles. The Morgan fingerprint density at radius 1 is 1.29 bits per heavy atom. The van der Waals surface area contributed by atoms with Gasteiger partial charge in [0.1, 0.15) is 0 Å². The quantitative estimate of drug-likeness (QED) is 0.741. The van der Waals surface area contributed by atoms with Crippen molar-refractivity contribution in [3.8, 4) is 11.4 Å². The van der Waals surface area contributed by atoms with Crippen molar-refractivity contribution in [3.05, 3.63) is 64.5 Å². The standard InChI is InChI=1S/C17H15ClN4O2/c1-10-3-2-4-12(7-10)17-21-15(24-22-17)9-20-14-8-11(16(19)23)5-6-13(14)18/h2-8,20H,9H2,1H3,(H2,19,23). The first kappa shape index (κ1) is 16.0. The summed E-state index contributed by atoms with van der Waals surface area (Å²) in [5.41, 5.74) is 8.22. The summed E-state index contributed by atoms with van der Waals surface area (Å²) in [6.07, 6.45) is 0. The van der Waals surface area contributed by atoms with E-state index in [-0.39, 0.29) is 6.54 Å². The molecule has 3 aromatic rings. The molecule has 1 aromatic heterocycles. The van der Waals surface area contributed by atoms with Gasteiger partial charge in [-0.05, 0) is 31.2 Å². The van der Waals surface area contributed by atoms with Crippen molar-refractivity contribution >= 4 is 23.2 Å². The third-order valence-corrected chi connectivity index (χ3v) is 3.75. The van der Waals surface area contributed by atoms with Gasteiger partial charge in [-0.1, -0.05) is 40.5 Å². The van der Waals surface area contributed by atoms with E-state index < -0.39 is 5.91 Å². The molecule has 1 amide bonds. The zero-order valence-electron chi connectivity index (χ0n) is 12.9. The number of nitrogens with two attached hydrogens (primary N) is 1. The maximum Gasteiger partial charge on any atom is 0.248 e. The Kier molecular flexibility index (Phi) is 4.48. The summed E-state index contributed by atoms with van der Waals surface area (Å²) in [6, 6.07) is 12.6. The summed E-state index contributed by atoms with van der Waals surface area (Å²) in [5.74, 6) is 0.411. The Morgan fingerprint density at radius 3 is 2.88 bits per heavy atom. The van der Waals surface area contributed by atoms with Gasteiger partial charge in [0.25, 0.3) is 0 Å². The first-order valence-corrected chi connectivity index (χ1v) is 7.63. The SMILES string of the molecule is Cc1cccc(-c2noc(CNc3cc(C(N)=O)ccc3Cl)n2)c1. The van der Waals surface area contributed by atoms with E-state index >= 15 is 0 Å². The fourth-order valence-electron chi connectivity index (χ4n) is 2.21. The third-order valence-electron chi connectivity index (χ3n) is 3.43. The predicted molar refractivity (Wildman–Crippen MR) is 91.8 cm³/mol. The molecule has 1 heterocycles. The zero-order chi connectivity index (χ0) is 17.1. The van der Waals surface area contributed by atoms with E-state index in [2.05, 4.69) is 15.5 Å². The minimum absolute atomic E-state index is 0.279. The molecular formula is C17H15ClN4O2. The summed E-state index contributed by atoms with van der Waals surface area (Å²) in [7, 11) is 0. The molecule has 0 aliphatic carbocycles. The highest BCUT2D eigenvalue weighted by Crippen LogP contribution is 2.24. The molecule has 0 aliphatic heterocycles. The lowest BCUT2D eigenvalue weighted by Gasteiger charge is -2.07. The van der Waals surface area contributed by atoms with Gasteiger partial charge >= 0.3 is 0 Å². The molecule has 122 valence electrons. The molecule has 0 atom stereocenters. The minimum Gasteiger partial charge on any atom is -0.375 e. The smallest absolute Gasteiger partial charge is 0.248 e. The van der Waals surface area contributed by atoms with Crippen molar-refractivity contribution in [2.75, 3.05) is 5.32 Å². The number of hydrogen-bond acceptors (Lipinski definition) is 5. The summed E-state index contributed by atoms with van der Waals surface area (Å²) in [4.78, 5) is 15.6. The Bertz CT molecular complexity index is 892. The molecule has 0 radical (unpaired) electrons. The van der Waals surface area contributed by atoms with Crippen LogP contribution in [0.1, 0.15) is 21.8 Å². The van der Waals surface area contributed by atoms with Crippen LogP contribution in [0.3, 0.4) is 0 Å². The van der Waals surface area contributed by atoms with Crippen LogP contribution in [0.4, 0.5) is 5.69 Å². The van der Waals surface area contributed by atoms with Gasteiger partial charge in [-0.2, -0.15) is 4.98 Å². The minimum atomic E-state index is -0.519. The molecule has 0 unspecified atom stereocenters. The van der Waals surface area contributed by atoms with Crippen LogP contribution in [-0.2, 0) is 6.54 Å². The monoisotopic (exact) mass is 342 g/mol. The van der Waals surface area contributed by atoms with E-state index in [0.717, 1.165) is 11.1 Å². The zero-order valence-corrected chi connectivity index (χ0v) is 13.7. The molecule has 7 heteroatoms. The van der Waals surface area contributed by atoms with E-state index in [1.54, 1.807) is 18.2 Å². The van der Waals surface area contributed by atoms with Crippen molar-refractivity contribution < 1.29 is 9.32 Å². The number of carbonyl (C=O) groups is 1. The lowest BCUT2D eigenvalue weighted by molar-refractivity contribution is 0.100. The molecule has 0 saturated heterocycles. The van der Waals surface area contributed by atoms with E-state index in [1.165, 1.54) is 0 Å². The summed E-state index contributed by atoms with van der Waals surface area (Å²) in [5, 5.41) is 7.51. The van der Waals surface area contributed by atoms with Crippen LogP contribution in [0.2, 0.25) is 5.02 Å². The third kappa shape index (κ3) is 3.55. The first-order chi connectivity index (χ1) is 11.5. The molecule has 24 heavy (non-hydrogen) atoms. The summed E-state index contributed by atoms with van der Waals surface area (Å²) in [6.45, 7) is 2.28. The van der Waals surface area contributed by atoms with Crippen molar-refractivity contribution in [2.24, 2.45) is 5.73 Å². The number of primary amides is 1. The molecular weight excluding hydrogens is 328 g/mol. The van der Waals surface area contributed by atoms with Crippen LogP contribution in [0.5, 0.6) is 0 Å². The molecule has 2 aromatic carbocycles. The lowest BCUT2D eigenvalue weighted by Crippen LogP contribution is -2.11. The average molecular weight is 343 g/mol. The predicted octanol–water partition coefficient (Wildman–Crippen LogP) is 3.41. The maximum atomic E-state index is 11.2. The van der Waals surface area contributed by atoms with Crippen LogP contribution in [0.25, 0.3) is 11.4 Å². The first-order valence-electron chi connectivity index (χ1n) is 7.26. The van der Waals surface area contributed by atoms with Crippen molar-refractivity contribution in [1.29, 1.82) is 0 Å². The van der Waals surface area contributed by atoms with Crippen LogP contribution < -0.4 is 11.1 Å². The molecule has 0 fully saturated rings. The number of benzene rings is 2. The van der Waals surface area contributed by atoms with Gasteiger partial charge in [0.2, 0.25) is 17.6 Å².